The van der Waals surface area contributed by atoms with Gasteiger partial charge in [0.25, 0.3) is 0 Å². The Morgan fingerprint density at radius 2 is 0.952 bits per heavy atom. The highest BCUT2D eigenvalue weighted by atomic mass is 28.4. The fraction of sp³-hybridized carbons (Fsp3) is 1.00. The topological polar surface area (TPSA) is 18.5 Å². The fourth-order valence-electron chi connectivity index (χ4n) is 5.80. The van der Waals surface area contributed by atoms with Gasteiger partial charge in [0.2, 0.25) is 0 Å². The maximum Gasteiger partial charge on any atom is 0.349 e. The largest absolute Gasteiger partial charge is 0.397 e. The Balaban J connectivity index is 2.38. The van der Waals surface area contributed by atoms with Crippen LogP contribution in [-0.4, -0.2) is 22.8 Å². The van der Waals surface area contributed by atoms with Gasteiger partial charge in [0.05, 0.1) is 0 Å². The minimum atomic E-state index is -2.33. The van der Waals surface area contributed by atoms with Gasteiger partial charge in [-0.2, -0.15) is 0 Å². The molecule has 0 amide bonds. The van der Waals surface area contributed by atoms with Crippen molar-refractivity contribution in [1.29, 1.82) is 0 Å². The first kappa shape index (κ1) is 17.5. The van der Waals surface area contributed by atoms with Crippen molar-refractivity contribution in [3.8, 4) is 0 Å². The van der Waals surface area contributed by atoms with E-state index in [9.17, 15) is 0 Å². The second-order valence-electron chi connectivity index (χ2n) is 8.43. The predicted octanol–water partition coefficient (Wildman–Crippen LogP) is 5.66. The SMILES string of the molecule is CO[Si](OC)(C(C)(C)C1CCCC1)C(C)(C)C1CCCC1. The van der Waals surface area contributed by atoms with Crippen LogP contribution >= 0.6 is 0 Å². The lowest BCUT2D eigenvalue weighted by Crippen LogP contribution is -2.61. The van der Waals surface area contributed by atoms with Gasteiger partial charge in [-0.25, -0.2) is 0 Å². The summed E-state index contributed by atoms with van der Waals surface area (Å²) < 4.78 is 12.7. The number of hydrogen-bond donors (Lipinski definition) is 0. The number of hydrogen-bond acceptors (Lipinski definition) is 2. The molecule has 0 spiro atoms. The van der Waals surface area contributed by atoms with E-state index in [0.717, 1.165) is 11.8 Å². The van der Waals surface area contributed by atoms with Gasteiger partial charge in [-0.3, -0.25) is 0 Å². The molecule has 2 aliphatic carbocycles. The second-order valence-corrected chi connectivity index (χ2v) is 13.1. The van der Waals surface area contributed by atoms with Crippen molar-refractivity contribution in [1.82, 2.24) is 0 Å². The molecular weight excluding hydrogens is 276 g/mol. The zero-order valence-electron chi connectivity index (χ0n) is 15.1. The highest BCUT2D eigenvalue weighted by Gasteiger charge is 2.65. The van der Waals surface area contributed by atoms with Crippen molar-refractivity contribution in [3.05, 3.63) is 0 Å². The minimum absolute atomic E-state index is 0.180. The van der Waals surface area contributed by atoms with Gasteiger partial charge < -0.3 is 8.85 Å². The van der Waals surface area contributed by atoms with Crippen molar-refractivity contribution in [3.63, 3.8) is 0 Å². The van der Waals surface area contributed by atoms with E-state index < -0.39 is 8.56 Å². The second kappa shape index (κ2) is 6.33. The molecule has 2 nitrogen and oxygen atoms in total. The van der Waals surface area contributed by atoms with E-state index in [1.807, 2.05) is 14.2 Å². The van der Waals surface area contributed by atoms with E-state index in [1.165, 1.54) is 51.4 Å². The summed E-state index contributed by atoms with van der Waals surface area (Å²) in [6, 6.07) is 0. The quantitative estimate of drug-likeness (QED) is 0.589. The van der Waals surface area contributed by atoms with Crippen LogP contribution in [0.3, 0.4) is 0 Å². The molecule has 0 saturated heterocycles. The highest BCUT2D eigenvalue weighted by Crippen LogP contribution is 2.63. The Labute approximate surface area is 133 Å². The molecule has 0 unspecified atom stereocenters. The first-order chi connectivity index (χ1) is 9.83. The summed E-state index contributed by atoms with van der Waals surface area (Å²) in [7, 11) is 1.51. The van der Waals surface area contributed by atoms with Crippen LogP contribution in [0.15, 0.2) is 0 Å². The summed E-state index contributed by atoms with van der Waals surface area (Å²) in [5.74, 6) is 1.54. The smallest absolute Gasteiger partial charge is 0.349 e. The lowest BCUT2D eigenvalue weighted by molar-refractivity contribution is 0.138. The summed E-state index contributed by atoms with van der Waals surface area (Å²) in [5, 5.41) is 0.359. The van der Waals surface area contributed by atoms with Crippen molar-refractivity contribution in [2.24, 2.45) is 11.8 Å². The molecule has 0 aliphatic heterocycles. The third kappa shape index (κ3) is 2.64. The molecule has 0 radical (unpaired) electrons. The summed E-state index contributed by atoms with van der Waals surface area (Å²) in [4.78, 5) is 0. The number of rotatable bonds is 6. The van der Waals surface area contributed by atoms with Crippen LogP contribution < -0.4 is 0 Å². The van der Waals surface area contributed by atoms with Gasteiger partial charge in [-0.15, -0.1) is 0 Å². The zero-order chi connectivity index (χ0) is 15.7. The van der Waals surface area contributed by atoms with E-state index in [4.69, 9.17) is 8.85 Å². The molecule has 0 aromatic heterocycles. The van der Waals surface area contributed by atoms with E-state index in [2.05, 4.69) is 27.7 Å². The van der Waals surface area contributed by atoms with Gasteiger partial charge in [-0.05, 0) is 11.8 Å². The first-order valence-corrected chi connectivity index (χ1v) is 10.8. The summed E-state index contributed by atoms with van der Waals surface area (Å²) in [6.07, 6.45) is 11.0. The molecule has 2 rings (SSSR count). The average Bonchev–Trinajstić information content (AvgIpc) is 3.14. The van der Waals surface area contributed by atoms with Gasteiger partial charge >= 0.3 is 8.56 Å². The maximum atomic E-state index is 6.36. The van der Waals surface area contributed by atoms with E-state index in [0.29, 0.717) is 0 Å². The summed E-state index contributed by atoms with van der Waals surface area (Å²) >= 11 is 0. The fourth-order valence-corrected chi connectivity index (χ4v) is 11.4. The van der Waals surface area contributed by atoms with Crippen LogP contribution in [-0.2, 0) is 8.85 Å². The van der Waals surface area contributed by atoms with E-state index in [-0.39, 0.29) is 10.1 Å². The molecule has 0 N–H and O–H groups in total. The Morgan fingerprint density at radius 3 is 1.19 bits per heavy atom. The molecule has 0 aromatic carbocycles. The van der Waals surface area contributed by atoms with Crippen molar-refractivity contribution in [2.45, 2.75) is 89.1 Å². The van der Waals surface area contributed by atoms with Crippen LogP contribution in [0.1, 0.15) is 79.1 Å². The Kier molecular flexibility index (Phi) is 5.27. The van der Waals surface area contributed by atoms with Gasteiger partial charge in [-0.1, -0.05) is 79.1 Å². The lowest BCUT2D eigenvalue weighted by atomic mass is 9.92. The Hall–Kier alpha value is 0.137. The van der Waals surface area contributed by atoms with Crippen molar-refractivity contribution >= 4 is 8.56 Å². The predicted molar refractivity (Wildman–Crippen MR) is 91.8 cm³/mol. The molecule has 2 aliphatic rings. The van der Waals surface area contributed by atoms with Gasteiger partial charge in [0, 0.05) is 24.3 Å². The first-order valence-electron chi connectivity index (χ1n) is 8.94. The van der Waals surface area contributed by atoms with Crippen LogP contribution in [0.4, 0.5) is 0 Å². The lowest BCUT2D eigenvalue weighted by Gasteiger charge is -2.55. The summed E-state index contributed by atoms with van der Waals surface area (Å²) in [5.41, 5.74) is 0. The molecule has 0 aromatic rings. The van der Waals surface area contributed by atoms with Crippen molar-refractivity contribution in [2.75, 3.05) is 14.2 Å². The minimum Gasteiger partial charge on any atom is -0.397 e. The van der Waals surface area contributed by atoms with Crippen LogP contribution in [0.2, 0.25) is 10.1 Å². The third-order valence-electron chi connectivity index (χ3n) is 7.02. The summed E-state index contributed by atoms with van der Waals surface area (Å²) in [6.45, 7) is 9.77. The van der Waals surface area contributed by atoms with Gasteiger partial charge in [0.1, 0.15) is 0 Å². The average molecular weight is 313 g/mol. The monoisotopic (exact) mass is 312 g/mol. The normalized spacial score (nSPS) is 23.1. The van der Waals surface area contributed by atoms with Gasteiger partial charge in [0.15, 0.2) is 0 Å². The molecular formula is C18H36O2Si. The molecule has 0 atom stereocenters. The van der Waals surface area contributed by atoms with E-state index in [1.54, 1.807) is 0 Å². The molecule has 124 valence electrons. The van der Waals surface area contributed by atoms with Crippen LogP contribution in [0.25, 0.3) is 0 Å². The molecule has 2 saturated carbocycles. The molecule has 3 heteroatoms. The standard InChI is InChI=1S/C18H36O2Si/c1-17(2,15-11-7-8-12-15)21(19-5,20-6)18(3,4)16-13-9-10-14-16/h15-16H,7-14H2,1-6H3. The van der Waals surface area contributed by atoms with Crippen LogP contribution in [0, 0.1) is 11.8 Å². The zero-order valence-corrected chi connectivity index (χ0v) is 16.1. The molecule has 0 bridgehead atoms. The molecule has 2 fully saturated rings. The van der Waals surface area contributed by atoms with E-state index >= 15 is 0 Å². The maximum absolute atomic E-state index is 6.36. The molecule has 21 heavy (non-hydrogen) atoms. The van der Waals surface area contributed by atoms with Crippen LogP contribution in [0.5, 0.6) is 0 Å². The Bertz CT molecular complexity index is 305. The highest BCUT2D eigenvalue weighted by molar-refractivity contribution is 6.73. The van der Waals surface area contributed by atoms with Crippen molar-refractivity contribution < 1.29 is 8.85 Å². The Morgan fingerprint density at radius 1 is 0.667 bits per heavy atom. The third-order valence-corrected chi connectivity index (χ3v) is 12.4. The molecule has 0 heterocycles.